The van der Waals surface area contributed by atoms with E-state index in [-0.39, 0.29) is 21.6 Å². The number of amides is 2. The van der Waals surface area contributed by atoms with Crippen molar-refractivity contribution in [1.29, 1.82) is 0 Å². The van der Waals surface area contributed by atoms with Gasteiger partial charge in [-0.1, -0.05) is 0 Å². The smallest absolute Gasteiger partial charge is 0.329 e. The molecule has 3 N–H and O–H groups in total. The van der Waals surface area contributed by atoms with Crippen molar-refractivity contribution in [3.8, 4) is 0 Å². The Labute approximate surface area is 123 Å². The minimum absolute atomic E-state index is 0.0424. The topological polar surface area (TPSA) is 128 Å². The van der Waals surface area contributed by atoms with Crippen LogP contribution in [0.3, 0.4) is 0 Å². The number of carbonyl (C=O) groups is 3. The zero-order valence-electron chi connectivity index (χ0n) is 11.1. The molecular formula is C11H11N5O4S. The third-order valence-corrected chi connectivity index (χ3v) is 3.59. The van der Waals surface area contributed by atoms with Gasteiger partial charge in [0.1, 0.15) is 0 Å². The molecule has 0 spiro atoms. The first kappa shape index (κ1) is 14.8. The number of aliphatic imine (C=N–C) groups is 1. The lowest BCUT2D eigenvalue weighted by Crippen LogP contribution is -2.24. The van der Waals surface area contributed by atoms with Gasteiger partial charge in [0, 0.05) is 20.2 Å². The first-order valence-electron chi connectivity index (χ1n) is 5.68. The summed E-state index contributed by atoms with van der Waals surface area (Å²) in [6.45, 7) is 0. The van der Waals surface area contributed by atoms with E-state index in [1.807, 2.05) is 0 Å². The van der Waals surface area contributed by atoms with E-state index in [0.29, 0.717) is 0 Å². The van der Waals surface area contributed by atoms with Crippen LogP contribution in [0.15, 0.2) is 22.3 Å². The molecule has 0 unspecified atom stereocenters. The van der Waals surface area contributed by atoms with Crippen LogP contribution in [0.25, 0.3) is 0 Å². The summed E-state index contributed by atoms with van der Waals surface area (Å²) >= 11 is 0.903. The molecule has 0 aromatic carbocycles. The van der Waals surface area contributed by atoms with Crippen molar-refractivity contribution in [2.24, 2.45) is 4.99 Å². The molecule has 9 nitrogen and oxygen atoms in total. The molecule has 0 bridgehead atoms. The van der Waals surface area contributed by atoms with Crippen LogP contribution >= 0.6 is 11.8 Å². The lowest BCUT2D eigenvalue weighted by molar-refractivity contribution is -0.132. The number of hydrogen-bond acceptors (Lipinski definition) is 6. The molecule has 0 atom stereocenters. The van der Waals surface area contributed by atoms with Gasteiger partial charge in [-0.15, -0.1) is 0 Å². The minimum atomic E-state index is -1.22. The van der Waals surface area contributed by atoms with Crippen molar-refractivity contribution in [3.63, 3.8) is 0 Å². The van der Waals surface area contributed by atoms with Crippen LogP contribution < -0.4 is 5.32 Å². The molecule has 1 aliphatic rings. The number of imidazole rings is 1. The molecule has 1 fully saturated rings. The average molecular weight is 309 g/mol. The highest BCUT2D eigenvalue weighted by Gasteiger charge is 2.31. The van der Waals surface area contributed by atoms with Gasteiger partial charge in [0.15, 0.2) is 16.7 Å². The summed E-state index contributed by atoms with van der Waals surface area (Å²) in [5.74, 6) is -1.97. The summed E-state index contributed by atoms with van der Waals surface area (Å²) < 4.78 is 0. The third kappa shape index (κ3) is 2.94. The molecule has 0 radical (unpaired) electrons. The number of aliphatic carboxylic acids is 1. The molecule has 0 aliphatic carbocycles. The highest BCUT2D eigenvalue weighted by molar-refractivity contribution is 8.18. The van der Waals surface area contributed by atoms with Gasteiger partial charge in [-0.2, -0.15) is 0 Å². The number of likely N-dealkylation sites (N-methyl/N-ethyl adjacent to an activating group) is 1. The number of carboxylic acid groups (broad SMARTS) is 1. The van der Waals surface area contributed by atoms with Crippen LogP contribution in [0.5, 0.6) is 0 Å². The minimum Gasteiger partial charge on any atom is -0.478 e. The van der Waals surface area contributed by atoms with Gasteiger partial charge in [0.05, 0.1) is 11.2 Å². The third-order valence-electron chi connectivity index (χ3n) is 2.53. The fourth-order valence-corrected chi connectivity index (χ4v) is 2.45. The van der Waals surface area contributed by atoms with Crippen molar-refractivity contribution in [2.75, 3.05) is 14.1 Å². The van der Waals surface area contributed by atoms with E-state index in [4.69, 9.17) is 5.11 Å². The quantitative estimate of drug-likeness (QED) is 0.671. The molecule has 1 aromatic heterocycles. The first-order chi connectivity index (χ1) is 9.93. The van der Waals surface area contributed by atoms with Crippen LogP contribution in [-0.4, -0.2) is 57.0 Å². The summed E-state index contributed by atoms with van der Waals surface area (Å²) in [5.41, 5.74) is 0.155. The van der Waals surface area contributed by atoms with Crippen LogP contribution in [0.1, 0.15) is 10.5 Å². The summed E-state index contributed by atoms with van der Waals surface area (Å²) in [7, 11) is 2.93. The van der Waals surface area contributed by atoms with E-state index in [2.05, 4.69) is 20.3 Å². The van der Waals surface area contributed by atoms with Gasteiger partial charge in [-0.25, -0.2) is 14.8 Å². The number of hydrogen-bond donors (Lipinski definition) is 3. The molecule has 10 heteroatoms. The second-order valence-corrected chi connectivity index (χ2v) is 4.90. The summed E-state index contributed by atoms with van der Waals surface area (Å²) in [5, 5.41) is 11.4. The van der Waals surface area contributed by atoms with Crippen LogP contribution in [-0.2, 0) is 9.59 Å². The standard InChI is InChI=1S/C11H11N5O4S/c1-12-9(19)7-8(14-4-13-7)15-11-16(2)10(20)5(21-11)3-6(17)18/h3-4H,1-2H3,(H,12,19)(H,13,14)(H,17,18)/b5-3-,15-11-. The van der Waals surface area contributed by atoms with Gasteiger partial charge >= 0.3 is 5.97 Å². The van der Waals surface area contributed by atoms with E-state index in [1.54, 1.807) is 0 Å². The molecule has 0 saturated carbocycles. The number of amidine groups is 1. The summed E-state index contributed by atoms with van der Waals surface area (Å²) in [6.07, 6.45) is 2.12. The Morgan fingerprint density at radius 3 is 2.90 bits per heavy atom. The van der Waals surface area contributed by atoms with E-state index in [1.165, 1.54) is 25.3 Å². The highest BCUT2D eigenvalue weighted by Crippen LogP contribution is 2.31. The number of nitrogens with zero attached hydrogens (tertiary/aromatic N) is 3. The molecular weight excluding hydrogens is 298 g/mol. The molecule has 21 heavy (non-hydrogen) atoms. The zero-order valence-corrected chi connectivity index (χ0v) is 11.9. The number of H-pyrrole nitrogens is 1. The Bertz CT molecular complexity index is 678. The van der Waals surface area contributed by atoms with E-state index in [0.717, 1.165) is 17.8 Å². The average Bonchev–Trinajstić information content (AvgIpc) is 2.99. The number of aromatic amines is 1. The van der Waals surface area contributed by atoms with Crippen molar-refractivity contribution in [3.05, 3.63) is 23.0 Å². The maximum absolute atomic E-state index is 11.8. The molecule has 1 aromatic rings. The van der Waals surface area contributed by atoms with Gasteiger partial charge in [-0.05, 0) is 11.8 Å². The van der Waals surface area contributed by atoms with E-state index in [9.17, 15) is 14.4 Å². The van der Waals surface area contributed by atoms with Crippen molar-refractivity contribution < 1.29 is 19.5 Å². The molecule has 1 aliphatic heterocycles. The Kier molecular flexibility index (Phi) is 4.08. The zero-order chi connectivity index (χ0) is 15.6. The second-order valence-electron chi connectivity index (χ2n) is 3.89. The molecule has 110 valence electrons. The molecule has 2 amide bonds. The number of carboxylic acids is 1. The van der Waals surface area contributed by atoms with Crippen LogP contribution in [0.2, 0.25) is 0 Å². The SMILES string of the molecule is CNC(=O)c1[nH]cnc1/N=C1\S/C(=C\C(=O)O)C(=O)N1C. The Hall–Kier alpha value is -2.62. The molecule has 2 heterocycles. The van der Waals surface area contributed by atoms with Crippen LogP contribution in [0, 0.1) is 0 Å². The Balaban J connectivity index is 2.35. The van der Waals surface area contributed by atoms with Crippen molar-refractivity contribution in [2.45, 2.75) is 0 Å². The second kappa shape index (κ2) is 5.79. The molecule has 1 saturated heterocycles. The number of aromatic nitrogens is 2. The van der Waals surface area contributed by atoms with Gasteiger partial charge in [0.2, 0.25) is 0 Å². The first-order valence-corrected chi connectivity index (χ1v) is 6.50. The number of carbonyl (C=O) groups excluding carboxylic acids is 2. The fourth-order valence-electron chi connectivity index (χ4n) is 1.52. The lowest BCUT2D eigenvalue weighted by atomic mass is 10.4. The number of thioether (sulfide) groups is 1. The largest absolute Gasteiger partial charge is 0.478 e. The Morgan fingerprint density at radius 1 is 1.57 bits per heavy atom. The van der Waals surface area contributed by atoms with Gasteiger partial charge < -0.3 is 15.4 Å². The van der Waals surface area contributed by atoms with Gasteiger partial charge in [0.25, 0.3) is 11.8 Å². The highest BCUT2D eigenvalue weighted by atomic mass is 32.2. The maximum atomic E-state index is 11.8. The Morgan fingerprint density at radius 2 is 2.29 bits per heavy atom. The predicted octanol–water partition coefficient (Wildman–Crippen LogP) is -0.0695. The summed E-state index contributed by atoms with van der Waals surface area (Å²) in [4.78, 5) is 46.0. The van der Waals surface area contributed by atoms with E-state index >= 15 is 0 Å². The predicted molar refractivity (Wildman–Crippen MR) is 75.2 cm³/mol. The van der Waals surface area contributed by atoms with Gasteiger partial charge in [-0.3, -0.25) is 14.5 Å². The fraction of sp³-hybridized carbons (Fsp3) is 0.182. The summed E-state index contributed by atoms with van der Waals surface area (Å²) in [6, 6.07) is 0. The number of rotatable bonds is 3. The monoisotopic (exact) mass is 309 g/mol. The maximum Gasteiger partial charge on any atom is 0.329 e. The molecule has 2 rings (SSSR count). The normalized spacial score (nSPS) is 18.6. The van der Waals surface area contributed by atoms with Crippen molar-refractivity contribution in [1.82, 2.24) is 20.2 Å². The lowest BCUT2D eigenvalue weighted by Gasteiger charge is -2.06. The van der Waals surface area contributed by atoms with Crippen molar-refractivity contribution >= 4 is 40.5 Å². The van der Waals surface area contributed by atoms with Crippen LogP contribution in [0.4, 0.5) is 5.82 Å². The number of nitrogens with one attached hydrogen (secondary N) is 2. The van der Waals surface area contributed by atoms with E-state index < -0.39 is 17.8 Å².